The van der Waals surface area contributed by atoms with Crippen molar-refractivity contribution in [1.82, 2.24) is 4.31 Å². The van der Waals surface area contributed by atoms with Crippen molar-refractivity contribution in [2.75, 3.05) is 31.1 Å². The topological polar surface area (TPSA) is 87.2 Å². The van der Waals surface area contributed by atoms with Gasteiger partial charge < -0.3 is 14.7 Å². The molecule has 1 aliphatic heterocycles. The van der Waals surface area contributed by atoms with Gasteiger partial charge in [0.25, 0.3) is 0 Å². The van der Waals surface area contributed by atoms with Crippen molar-refractivity contribution in [3.8, 4) is 5.75 Å². The van der Waals surface area contributed by atoms with Gasteiger partial charge in [-0.2, -0.15) is 4.31 Å². The maximum Gasteiger partial charge on any atom is 0.347 e. The van der Waals surface area contributed by atoms with Gasteiger partial charge in [-0.1, -0.05) is 0 Å². The summed E-state index contributed by atoms with van der Waals surface area (Å²) >= 11 is 0. The molecule has 1 saturated heterocycles. The van der Waals surface area contributed by atoms with Crippen LogP contribution in [0.3, 0.4) is 0 Å². The first-order valence-corrected chi connectivity index (χ1v) is 10.6. The minimum atomic E-state index is -3.68. The monoisotopic (exact) mass is 422 g/mol. The molecule has 2 aromatic carbocycles. The Labute approximate surface area is 169 Å². The van der Waals surface area contributed by atoms with Crippen LogP contribution in [-0.2, 0) is 14.8 Å². The number of sulfonamides is 1. The summed E-state index contributed by atoms with van der Waals surface area (Å²) in [5, 5.41) is 9.12. The number of benzene rings is 2. The standard InChI is InChI=1S/C20H23FN2O5S/c1-20(2,19(24)25)28-17-7-9-18(10-8-17)29(26,27)23-13-11-22(12-14-23)16-5-3-15(21)4-6-16/h3-10H,11-14H2,1-2H3,(H,24,25). The summed E-state index contributed by atoms with van der Waals surface area (Å²) in [6, 6.07) is 11.8. The zero-order valence-electron chi connectivity index (χ0n) is 16.2. The van der Waals surface area contributed by atoms with Gasteiger partial charge in [0.1, 0.15) is 11.6 Å². The van der Waals surface area contributed by atoms with Crippen LogP contribution in [0.5, 0.6) is 5.75 Å². The summed E-state index contributed by atoms with van der Waals surface area (Å²) in [4.78, 5) is 13.3. The molecule has 0 aliphatic carbocycles. The molecule has 0 atom stereocenters. The van der Waals surface area contributed by atoms with E-state index in [-0.39, 0.29) is 16.5 Å². The first kappa shape index (κ1) is 21.1. The fraction of sp³-hybridized carbons (Fsp3) is 0.350. The highest BCUT2D eigenvalue weighted by atomic mass is 32.2. The Bertz CT molecular complexity index is 967. The number of carboxylic acid groups (broad SMARTS) is 1. The van der Waals surface area contributed by atoms with Gasteiger partial charge in [-0.25, -0.2) is 17.6 Å². The number of hydrogen-bond acceptors (Lipinski definition) is 5. The Kier molecular flexibility index (Phi) is 5.81. The Balaban J connectivity index is 1.67. The van der Waals surface area contributed by atoms with Gasteiger partial charge >= 0.3 is 5.97 Å². The molecule has 0 amide bonds. The molecule has 0 radical (unpaired) electrons. The van der Waals surface area contributed by atoms with Crippen LogP contribution in [0, 0.1) is 5.82 Å². The minimum absolute atomic E-state index is 0.119. The summed E-state index contributed by atoms with van der Waals surface area (Å²) in [6.45, 7) is 4.45. The maximum absolute atomic E-state index is 13.1. The van der Waals surface area contributed by atoms with Crippen molar-refractivity contribution in [1.29, 1.82) is 0 Å². The molecule has 1 aliphatic rings. The highest BCUT2D eigenvalue weighted by Crippen LogP contribution is 2.25. The highest BCUT2D eigenvalue weighted by Gasteiger charge is 2.31. The molecule has 2 aromatic rings. The van der Waals surface area contributed by atoms with Gasteiger partial charge in [0, 0.05) is 31.9 Å². The molecule has 1 fully saturated rings. The summed E-state index contributed by atoms with van der Waals surface area (Å²) in [6.07, 6.45) is 0. The Morgan fingerprint density at radius 3 is 2.07 bits per heavy atom. The van der Waals surface area contributed by atoms with E-state index in [4.69, 9.17) is 9.84 Å². The molecule has 1 N–H and O–H groups in total. The van der Waals surface area contributed by atoms with Crippen LogP contribution in [0.4, 0.5) is 10.1 Å². The quantitative estimate of drug-likeness (QED) is 0.770. The number of aliphatic carboxylic acids is 1. The van der Waals surface area contributed by atoms with Crippen LogP contribution in [0.1, 0.15) is 13.8 Å². The van der Waals surface area contributed by atoms with Gasteiger partial charge in [0.2, 0.25) is 10.0 Å². The first-order valence-electron chi connectivity index (χ1n) is 9.13. The number of carboxylic acids is 1. The van der Waals surface area contributed by atoms with Crippen molar-refractivity contribution >= 4 is 21.7 Å². The third-order valence-corrected chi connectivity index (χ3v) is 6.69. The molecule has 1 heterocycles. The molecule has 0 bridgehead atoms. The molecule has 9 heteroatoms. The van der Waals surface area contributed by atoms with Crippen molar-refractivity contribution in [3.05, 3.63) is 54.3 Å². The fourth-order valence-corrected chi connectivity index (χ4v) is 4.43. The van der Waals surface area contributed by atoms with Crippen LogP contribution < -0.4 is 9.64 Å². The fourth-order valence-electron chi connectivity index (χ4n) is 3.01. The number of anilines is 1. The molecule has 156 valence electrons. The zero-order chi connectivity index (χ0) is 21.2. The van der Waals surface area contributed by atoms with Crippen LogP contribution >= 0.6 is 0 Å². The van der Waals surface area contributed by atoms with E-state index in [1.165, 1.54) is 54.6 Å². The van der Waals surface area contributed by atoms with Crippen molar-refractivity contribution in [3.63, 3.8) is 0 Å². The normalized spacial score (nSPS) is 15.9. The first-order chi connectivity index (χ1) is 13.6. The lowest BCUT2D eigenvalue weighted by Gasteiger charge is -2.35. The SMILES string of the molecule is CC(C)(Oc1ccc(S(=O)(=O)N2CCN(c3ccc(F)cc3)CC2)cc1)C(=O)O. The van der Waals surface area contributed by atoms with Gasteiger partial charge in [-0.05, 0) is 62.4 Å². The average molecular weight is 422 g/mol. The highest BCUT2D eigenvalue weighted by molar-refractivity contribution is 7.89. The lowest BCUT2D eigenvalue weighted by Crippen LogP contribution is -2.48. The Hall–Kier alpha value is -2.65. The van der Waals surface area contributed by atoms with E-state index in [0.29, 0.717) is 26.2 Å². The van der Waals surface area contributed by atoms with Crippen LogP contribution in [-0.4, -0.2) is 55.6 Å². The number of nitrogens with zero attached hydrogens (tertiary/aromatic N) is 2. The van der Waals surface area contributed by atoms with Gasteiger partial charge in [-0.15, -0.1) is 0 Å². The Morgan fingerprint density at radius 1 is 1.00 bits per heavy atom. The van der Waals surface area contributed by atoms with Gasteiger partial charge in [-0.3, -0.25) is 0 Å². The molecule has 0 saturated carbocycles. The Morgan fingerprint density at radius 2 is 1.55 bits per heavy atom. The summed E-state index contributed by atoms with van der Waals surface area (Å²) in [5.74, 6) is -1.15. The van der Waals surface area contributed by atoms with Crippen LogP contribution in [0.25, 0.3) is 0 Å². The van der Waals surface area contributed by atoms with Crippen LogP contribution in [0.2, 0.25) is 0 Å². The molecule has 29 heavy (non-hydrogen) atoms. The number of rotatable bonds is 6. The third-order valence-electron chi connectivity index (χ3n) is 4.78. The lowest BCUT2D eigenvalue weighted by atomic mass is 10.1. The van der Waals surface area contributed by atoms with E-state index in [9.17, 15) is 17.6 Å². The summed E-state index contributed by atoms with van der Waals surface area (Å²) in [5.41, 5.74) is -0.567. The number of carbonyl (C=O) groups is 1. The minimum Gasteiger partial charge on any atom is -0.478 e. The number of halogens is 1. The number of hydrogen-bond donors (Lipinski definition) is 1. The van der Waals surface area contributed by atoms with Crippen LogP contribution in [0.15, 0.2) is 53.4 Å². The van der Waals surface area contributed by atoms with E-state index in [1.54, 1.807) is 12.1 Å². The molecule has 0 aromatic heterocycles. The van der Waals surface area contributed by atoms with E-state index < -0.39 is 21.6 Å². The summed E-state index contributed by atoms with van der Waals surface area (Å²) < 4.78 is 45.7. The lowest BCUT2D eigenvalue weighted by molar-refractivity contribution is -0.152. The molecule has 7 nitrogen and oxygen atoms in total. The van der Waals surface area contributed by atoms with E-state index >= 15 is 0 Å². The van der Waals surface area contributed by atoms with Crippen molar-refractivity contribution < 1.29 is 27.4 Å². The molecule has 3 rings (SSSR count). The summed E-state index contributed by atoms with van der Waals surface area (Å²) in [7, 11) is -3.68. The van der Waals surface area contributed by atoms with Crippen molar-refractivity contribution in [2.45, 2.75) is 24.3 Å². The molecular formula is C20H23FN2O5S. The molecular weight excluding hydrogens is 399 g/mol. The largest absolute Gasteiger partial charge is 0.478 e. The smallest absolute Gasteiger partial charge is 0.347 e. The maximum atomic E-state index is 13.1. The average Bonchev–Trinajstić information content (AvgIpc) is 2.69. The van der Waals surface area contributed by atoms with E-state index in [0.717, 1.165) is 5.69 Å². The van der Waals surface area contributed by atoms with Crippen molar-refractivity contribution in [2.24, 2.45) is 0 Å². The zero-order valence-corrected chi connectivity index (χ0v) is 17.0. The number of piperazine rings is 1. The van der Waals surface area contributed by atoms with Gasteiger partial charge in [0.15, 0.2) is 5.60 Å². The predicted molar refractivity (Wildman–Crippen MR) is 106 cm³/mol. The molecule has 0 unspecified atom stereocenters. The third kappa shape index (κ3) is 4.68. The second-order valence-corrected chi connectivity index (χ2v) is 9.19. The van der Waals surface area contributed by atoms with Gasteiger partial charge in [0.05, 0.1) is 4.90 Å². The van der Waals surface area contributed by atoms with E-state index in [2.05, 4.69) is 0 Å². The van der Waals surface area contributed by atoms with E-state index in [1.807, 2.05) is 4.90 Å². The second-order valence-electron chi connectivity index (χ2n) is 7.26. The second kappa shape index (κ2) is 8.00. The number of ether oxygens (including phenoxy) is 1. The predicted octanol–water partition coefficient (Wildman–Crippen LogP) is 2.58. The molecule has 0 spiro atoms.